The predicted molar refractivity (Wildman–Crippen MR) is 81.4 cm³/mol. The first kappa shape index (κ1) is 15.3. The highest BCUT2D eigenvalue weighted by molar-refractivity contribution is 7.98. The molecule has 1 saturated heterocycles. The fourth-order valence-corrected chi connectivity index (χ4v) is 2.50. The Bertz CT molecular complexity index is 460. The Morgan fingerprint density at radius 1 is 1.45 bits per heavy atom. The Balaban J connectivity index is 2.06. The smallest absolute Gasteiger partial charge is 0.191 e. The predicted octanol–water partition coefficient (Wildman–Crippen LogP) is 1.58. The van der Waals surface area contributed by atoms with Gasteiger partial charge in [-0.3, -0.25) is 0 Å². The van der Waals surface area contributed by atoms with Crippen LogP contribution in [0.1, 0.15) is 20.3 Å². The number of anilines is 2. The van der Waals surface area contributed by atoms with Gasteiger partial charge in [-0.2, -0.15) is 0 Å². The molecule has 2 rings (SSSR count). The van der Waals surface area contributed by atoms with Gasteiger partial charge in [0.05, 0.1) is 6.10 Å². The third-order valence-electron chi connectivity index (χ3n) is 3.48. The van der Waals surface area contributed by atoms with Crippen molar-refractivity contribution in [1.29, 1.82) is 0 Å². The summed E-state index contributed by atoms with van der Waals surface area (Å²) in [7, 11) is 0. The van der Waals surface area contributed by atoms with Crippen molar-refractivity contribution in [3.8, 4) is 0 Å². The van der Waals surface area contributed by atoms with Crippen LogP contribution in [0.3, 0.4) is 0 Å². The minimum Gasteiger partial charge on any atom is -0.385 e. The molecular formula is C13H22N4O2S. The monoisotopic (exact) mass is 298 g/mol. The summed E-state index contributed by atoms with van der Waals surface area (Å²) in [5.74, 6) is 1.50. The zero-order valence-electron chi connectivity index (χ0n) is 12.1. The molecule has 7 heteroatoms. The van der Waals surface area contributed by atoms with Gasteiger partial charge in [0.1, 0.15) is 17.2 Å². The molecule has 0 amide bonds. The molecule has 0 bridgehead atoms. The lowest BCUT2D eigenvalue weighted by Crippen LogP contribution is -2.43. The Kier molecular flexibility index (Phi) is 5.06. The number of rotatable bonds is 6. The average Bonchev–Trinajstić information content (AvgIpc) is 2.77. The molecule has 0 radical (unpaired) electrons. The molecule has 1 aromatic heterocycles. The number of ether oxygens (including phenoxy) is 1. The quantitative estimate of drug-likeness (QED) is 0.543. The summed E-state index contributed by atoms with van der Waals surface area (Å²) < 4.78 is 5.42. The van der Waals surface area contributed by atoms with E-state index in [1.807, 2.05) is 26.2 Å². The summed E-state index contributed by atoms with van der Waals surface area (Å²) in [6.07, 6.45) is 2.42. The topological polar surface area (TPSA) is 79.3 Å². The van der Waals surface area contributed by atoms with Crippen LogP contribution in [0.4, 0.5) is 11.6 Å². The first-order chi connectivity index (χ1) is 9.57. The summed E-state index contributed by atoms with van der Waals surface area (Å²) in [5, 5.41) is 17.5. The maximum atomic E-state index is 10.5. The van der Waals surface area contributed by atoms with E-state index in [0.29, 0.717) is 30.5 Å². The highest BCUT2D eigenvalue weighted by Crippen LogP contribution is 2.26. The van der Waals surface area contributed by atoms with Crippen LogP contribution in [-0.2, 0) is 4.74 Å². The van der Waals surface area contributed by atoms with E-state index in [2.05, 4.69) is 20.6 Å². The number of hydrogen-bond donors (Lipinski definition) is 3. The van der Waals surface area contributed by atoms with Gasteiger partial charge in [0.15, 0.2) is 5.16 Å². The van der Waals surface area contributed by atoms with E-state index in [1.165, 1.54) is 11.8 Å². The highest BCUT2D eigenvalue weighted by atomic mass is 32.2. The summed E-state index contributed by atoms with van der Waals surface area (Å²) >= 11 is 1.49. The van der Waals surface area contributed by atoms with E-state index in [1.54, 1.807) is 0 Å². The third kappa shape index (κ3) is 3.53. The third-order valence-corrected chi connectivity index (χ3v) is 4.03. The lowest BCUT2D eigenvalue weighted by molar-refractivity contribution is -0.0176. The normalized spacial score (nSPS) is 25.7. The number of thioether (sulfide) groups is 1. The van der Waals surface area contributed by atoms with E-state index >= 15 is 0 Å². The first-order valence-electron chi connectivity index (χ1n) is 6.82. The number of aromatic nitrogens is 2. The Morgan fingerprint density at radius 2 is 2.15 bits per heavy atom. The SMILES string of the molecule is CCNc1cc(NCC2(O)CCOC2C)nc(SC)n1. The fraction of sp³-hybridized carbons (Fsp3) is 0.692. The minimum absolute atomic E-state index is 0.162. The van der Waals surface area contributed by atoms with Gasteiger partial charge in [-0.25, -0.2) is 9.97 Å². The molecule has 6 nitrogen and oxygen atoms in total. The van der Waals surface area contributed by atoms with E-state index < -0.39 is 5.60 Å². The molecule has 2 heterocycles. The lowest BCUT2D eigenvalue weighted by atomic mass is 9.97. The number of hydrogen-bond acceptors (Lipinski definition) is 7. The van der Waals surface area contributed by atoms with Crippen molar-refractivity contribution < 1.29 is 9.84 Å². The van der Waals surface area contributed by atoms with Gasteiger partial charge in [-0.1, -0.05) is 11.8 Å². The molecule has 3 N–H and O–H groups in total. The summed E-state index contributed by atoms with van der Waals surface area (Å²) in [5.41, 5.74) is -0.831. The zero-order chi connectivity index (χ0) is 14.6. The second-order valence-electron chi connectivity index (χ2n) is 4.88. The van der Waals surface area contributed by atoms with Crippen LogP contribution in [-0.4, -0.2) is 52.7 Å². The largest absolute Gasteiger partial charge is 0.385 e. The van der Waals surface area contributed by atoms with Crippen LogP contribution in [0.5, 0.6) is 0 Å². The van der Waals surface area contributed by atoms with Gasteiger partial charge in [0.25, 0.3) is 0 Å². The van der Waals surface area contributed by atoms with Crippen LogP contribution < -0.4 is 10.6 Å². The van der Waals surface area contributed by atoms with E-state index in [-0.39, 0.29) is 6.10 Å². The van der Waals surface area contributed by atoms with Crippen LogP contribution in [0.25, 0.3) is 0 Å². The molecule has 20 heavy (non-hydrogen) atoms. The molecular weight excluding hydrogens is 276 g/mol. The van der Waals surface area contributed by atoms with E-state index in [4.69, 9.17) is 4.74 Å². The van der Waals surface area contributed by atoms with Crippen LogP contribution in [0, 0.1) is 0 Å². The minimum atomic E-state index is -0.831. The van der Waals surface area contributed by atoms with Gasteiger partial charge in [-0.05, 0) is 20.1 Å². The Morgan fingerprint density at radius 3 is 2.70 bits per heavy atom. The summed E-state index contributed by atoms with van der Waals surface area (Å²) in [6.45, 7) is 5.74. The highest BCUT2D eigenvalue weighted by Gasteiger charge is 2.39. The van der Waals surface area contributed by atoms with Crippen molar-refractivity contribution in [2.75, 3.05) is 36.6 Å². The number of aliphatic hydroxyl groups is 1. The van der Waals surface area contributed by atoms with Crippen molar-refractivity contribution in [3.05, 3.63) is 6.07 Å². The van der Waals surface area contributed by atoms with Gasteiger partial charge in [0.2, 0.25) is 0 Å². The molecule has 1 aromatic rings. The first-order valence-corrected chi connectivity index (χ1v) is 8.04. The standard InChI is InChI=1S/C13H22N4O2S/c1-4-14-10-7-11(17-12(16-10)20-3)15-8-13(18)5-6-19-9(13)2/h7,9,18H,4-6,8H2,1-3H3,(H2,14,15,16,17). The van der Waals surface area contributed by atoms with Crippen molar-refractivity contribution in [2.45, 2.75) is 37.1 Å². The lowest BCUT2D eigenvalue weighted by Gasteiger charge is -2.26. The molecule has 0 aliphatic carbocycles. The van der Waals surface area contributed by atoms with Gasteiger partial charge >= 0.3 is 0 Å². The molecule has 2 unspecified atom stereocenters. The van der Waals surface area contributed by atoms with Gasteiger partial charge in [-0.15, -0.1) is 0 Å². The van der Waals surface area contributed by atoms with Crippen LogP contribution >= 0.6 is 11.8 Å². The molecule has 1 fully saturated rings. The Hall–Kier alpha value is -1.05. The Labute approximate surface area is 123 Å². The van der Waals surface area contributed by atoms with Crippen molar-refractivity contribution >= 4 is 23.4 Å². The number of nitrogens with zero attached hydrogens (tertiary/aromatic N) is 2. The molecule has 2 atom stereocenters. The molecule has 0 spiro atoms. The maximum absolute atomic E-state index is 10.5. The average molecular weight is 298 g/mol. The maximum Gasteiger partial charge on any atom is 0.191 e. The molecule has 1 aliphatic rings. The van der Waals surface area contributed by atoms with Gasteiger partial charge in [0, 0.05) is 32.2 Å². The molecule has 0 aromatic carbocycles. The van der Waals surface area contributed by atoms with Gasteiger partial charge < -0.3 is 20.5 Å². The van der Waals surface area contributed by atoms with E-state index in [9.17, 15) is 5.11 Å². The van der Waals surface area contributed by atoms with Crippen molar-refractivity contribution in [2.24, 2.45) is 0 Å². The van der Waals surface area contributed by atoms with Crippen molar-refractivity contribution in [1.82, 2.24) is 9.97 Å². The zero-order valence-corrected chi connectivity index (χ0v) is 13.0. The van der Waals surface area contributed by atoms with E-state index in [0.717, 1.165) is 12.4 Å². The molecule has 1 aliphatic heterocycles. The second kappa shape index (κ2) is 6.60. The summed E-state index contributed by atoms with van der Waals surface area (Å²) in [4.78, 5) is 8.77. The fourth-order valence-electron chi connectivity index (χ4n) is 2.13. The number of nitrogens with one attached hydrogen (secondary N) is 2. The van der Waals surface area contributed by atoms with Crippen LogP contribution in [0.15, 0.2) is 11.2 Å². The molecule has 0 saturated carbocycles. The second-order valence-corrected chi connectivity index (χ2v) is 5.65. The van der Waals surface area contributed by atoms with Crippen molar-refractivity contribution in [3.63, 3.8) is 0 Å². The summed E-state index contributed by atoms with van der Waals surface area (Å²) in [6, 6.07) is 1.85. The van der Waals surface area contributed by atoms with Crippen LogP contribution in [0.2, 0.25) is 0 Å². The molecule has 112 valence electrons.